The molecule has 8 aromatic rings. The molecule has 0 aromatic heterocycles. The molecule has 58 heavy (non-hydrogen) atoms. The third-order valence-electron chi connectivity index (χ3n) is 11.5. The summed E-state index contributed by atoms with van der Waals surface area (Å²) in [5, 5.41) is 8.19. The summed E-state index contributed by atoms with van der Waals surface area (Å²) in [6.07, 6.45) is 0. The predicted molar refractivity (Wildman–Crippen MR) is 253 cm³/mol. The minimum atomic E-state index is -3.58. The summed E-state index contributed by atoms with van der Waals surface area (Å²) in [7, 11) is -9.46. The SMILES string of the molecule is O=P(c1ccccc1)(c1ccccc1)[C@@H]1[C@H](P(c2ccccc2)c2ccccc2)[C@@H](P(c2ccccc2)c2ccccc2)[C@@H]1P(=O)(c1ccccc1)c1ccccc1. The molecule has 0 N–H and O–H groups in total. The standard InChI is InChI=1S/C52H44O2P4/c53-57(45-33-17-5-18-34-45,46-35-19-6-20-36-46)51-49(55(41-25-9-1-10-26-41)42-27-11-2-12-28-42)50(56(43-29-13-3-14-30-43)44-31-15-4-16-32-44)52(51)58(54,47-37-21-7-22-38-47)48-39-23-8-24-40-48/h1-40,49-52H/t49-,50-,51-,52+/m1/s1. The first-order valence-electron chi connectivity index (χ1n) is 19.8. The molecule has 1 saturated carbocycles. The first-order valence-corrected chi connectivity index (χ1v) is 26.2. The second-order valence-electron chi connectivity index (χ2n) is 14.7. The van der Waals surface area contributed by atoms with Crippen LogP contribution in [0.25, 0.3) is 0 Å². The van der Waals surface area contributed by atoms with Crippen molar-refractivity contribution >= 4 is 72.6 Å². The Balaban J connectivity index is 1.44. The second kappa shape index (κ2) is 17.1. The van der Waals surface area contributed by atoms with Gasteiger partial charge < -0.3 is 9.13 Å². The van der Waals surface area contributed by atoms with Crippen LogP contribution in [0.15, 0.2) is 243 Å². The van der Waals surface area contributed by atoms with Crippen LogP contribution in [0.3, 0.4) is 0 Å². The van der Waals surface area contributed by atoms with Crippen molar-refractivity contribution in [3.05, 3.63) is 243 Å². The Morgan fingerprint density at radius 1 is 0.259 bits per heavy atom. The van der Waals surface area contributed by atoms with Crippen LogP contribution in [0.1, 0.15) is 0 Å². The van der Waals surface area contributed by atoms with Crippen molar-refractivity contribution in [1.29, 1.82) is 0 Å². The molecule has 1 aliphatic rings. The Hall–Kier alpha value is -4.92. The van der Waals surface area contributed by atoms with Crippen molar-refractivity contribution in [2.75, 3.05) is 0 Å². The molecule has 1 fully saturated rings. The van der Waals surface area contributed by atoms with Gasteiger partial charge in [-0.3, -0.25) is 0 Å². The monoisotopic (exact) mass is 824 g/mol. The summed E-state index contributed by atoms with van der Waals surface area (Å²) in [5.41, 5.74) is -1.19. The molecule has 2 nitrogen and oxygen atoms in total. The van der Waals surface area contributed by atoms with Crippen molar-refractivity contribution < 1.29 is 9.13 Å². The normalized spacial score (nSPS) is 18.1. The highest BCUT2D eigenvalue weighted by Gasteiger charge is 2.68. The lowest BCUT2D eigenvalue weighted by Gasteiger charge is -2.61. The van der Waals surface area contributed by atoms with Crippen LogP contribution in [0, 0.1) is 0 Å². The van der Waals surface area contributed by atoms with Crippen molar-refractivity contribution in [2.24, 2.45) is 0 Å². The van der Waals surface area contributed by atoms with Gasteiger partial charge in [-0.2, -0.15) is 0 Å². The van der Waals surface area contributed by atoms with Crippen LogP contribution in [-0.2, 0) is 9.13 Å². The third-order valence-corrected chi connectivity index (χ3v) is 25.6. The maximum atomic E-state index is 17.4. The van der Waals surface area contributed by atoms with E-state index >= 15 is 9.13 Å². The second-order valence-corrected chi connectivity index (χ2v) is 25.3. The zero-order valence-corrected chi connectivity index (χ0v) is 35.6. The molecule has 1 aliphatic carbocycles. The average Bonchev–Trinajstić information content (AvgIpc) is 3.31. The zero-order valence-electron chi connectivity index (χ0n) is 32.0. The van der Waals surface area contributed by atoms with E-state index in [1.165, 1.54) is 21.2 Å². The van der Waals surface area contributed by atoms with Gasteiger partial charge in [-0.05, 0) is 37.1 Å². The molecule has 0 saturated heterocycles. The van der Waals surface area contributed by atoms with E-state index in [1.54, 1.807) is 0 Å². The summed E-state index contributed by atoms with van der Waals surface area (Å²) in [4.78, 5) is 0. The van der Waals surface area contributed by atoms with E-state index in [9.17, 15) is 0 Å². The van der Waals surface area contributed by atoms with Crippen molar-refractivity contribution in [1.82, 2.24) is 0 Å². The van der Waals surface area contributed by atoms with Crippen LogP contribution in [0.2, 0.25) is 0 Å². The smallest absolute Gasteiger partial charge is 0.147 e. The summed E-state index contributed by atoms with van der Waals surface area (Å²) >= 11 is 0. The van der Waals surface area contributed by atoms with Gasteiger partial charge in [0.15, 0.2) is 0 Å². The molecule has 4 atom stereocenters. The first-order chi connectivity index (χ1) is 28.6. The summed E-state index contributed by atoms with van der Waals surface area (Å²) < 4.78 is 34.9. The van der Waals surface area contributed by atoms with Gasteiger partial charge in [0.25, 0.3) is 0 Å². The fraction of sp³-hybridized carbons (Fsp3) is 0.0769. The Morgan fingerprint density at radius 2 is 0.431 bits per heavy atom. The van der Waals surface area contributed by atoms with Crippen molar-refractivity contribution in [3.63, 3.8) is 0 Å². The number of benzene rings is 8. The van der Waals surface area contributed by atoms with E-state index in [2.05, 4.69) is 170 Å². The lowest BCUT2D eigenvalue weighted by atomic mass is 9.96. The van der Waals surface area contributed by atoms with Gasteiger partial charge in [-0.1, -0.05) is 243 Å². The molecule has 0 spiro atoms. The molecule has 6 heteroatoms. The number of hydrogen-bond donors (Lipinski definition) is 0. The fourth-order valence-electron chi connectivity index (χ4n) is 9.06. The molecular weight excluding hydrogens is 780 g/mol. The van der Waals surface area contributed by atoms with Gasteiger partial charge in [0, 0.05) is 43.9 Å². The van der Waals surface area contributed by atoms with Gasteiger partial charge in [0.05, 0.1) is 0 Å². The number of hydrogen-bond acceptors (Lipinski definition) is 2. The Morgan fingerprint density at radius 3 is 0.621 bits per heavy atom. The first kappa shape index (κ1) is 38.6. The third kappa shape index (κ3) is 7.02. The Kier molecular flexibility index (Phi) is 11.4. The lowest BCUT2D eigenvalue weighted by Crippen LogP contribution is -2.66. The Bertz CT molecular complexity index is 2280. The average molecular weight is 825 g/mol. The van der Waals surface area contributed by atoms with E-state index in [1.807, 2.05) is 72.8 Å². The summed E-state index contributed by atoms with van der Waals surface area (Å²) in [5.74, 6) is 0. The van der Waals surface area contributed by atoms with Crippen molar-refractivity contribution in [3.8, 4) is 0 Å². The molecule has 9 rings (SSSR count). The quantitative estimate of drug-likeness (QED) is 0.115. The molecule has 0 amide bonds. The van der Waals surface area contributed by atoms with Crippen LogP contribution < -0.4 is 42.4 Å². The lowest BCUT2D eigenvalue weighted by molar-refractivity contribution is 0.489. The zero-order chi connectivity index (χ0) is 39.4. The molecule has 0 unspecified atom stereocenters. The predicted octanol–water partition coefficient (Wildman–Crippen LogP) is 9.77. The van der Waals surface area contributed by atoms with E-state index in [4.69, 9.17) is 0 Å². The van der Waals surface area contributed by atoms with Crippen LogP contribution >= 0.6 is 30.1 Å². The van der Waals surface area contributed by atoms with Crippen LogP contribution in [-0.4, -0.2) is 22.6 Å². The van der Waals surface area contributed by atoms with Gasteiger partial charge in [-0.15, -0.1) is 0 Å². The molecule has 8 aromatic carbocycles. The van der Waals surface area contributed by atoms with Crippen LogP contribution in [0.5, 0.6) is 0 Å². The molecule has 284 valence electrons. The largest absolute Gasteiger partial charge is 0.313 e. The number of rotatable bonds is 12. The fourth-order valence-corrected chi connectivity index (χ4v) is 26.3. The van der Waals surface area contributed by atoms with Crippen molar-refractivity contribution in [2.45, 2.75) is 22.6 Å². The molecule has 0 radical (unpaired) electrons. The van der Waals surface area contributed by atoms with Gasteiger partial charge in [0.1, 0.15) is 14.3 Å². The van der Waals surface area contributed by atoms with E-state index < -0.39 is 41.4 Å². The van der Waals surface area contributed by atoms with Gasteiger partial charge >= 0.3 is 0 Å². The van der Waals surface area contributed by atoms with E-state index in [0.29, 0.717) is 0 Å². The summed E-state index contributed by atoms with van der Waals surface area (Å²) in [6.45, 7) is 0. The topological polar surface area (TPSA) is 34.1 Å². The molecule has 0 bridgehead atoms. The minimum Gasteiger partial charge on any atom is -0.313 e. The minimum absolute atomic E-state index is 0.122. The molecule has 0 heterocycles. The summed E-state index contributed by atoms with van der Waals surface area (Å²) in [6, 6.07) is 84.0. The molecule has 0 aliphatic heterocycles. The maximum Gasteiger partial charge on any atom is 0.147 e. The van der Waals surface area contributed by atoms with Gasteiger partial charge in [0.2, 0.25) is 0 Å². The van der Waals surface area contributed by atoms with E-state index in [0.717, 1.165) is 21.2 Å². The Labute approximate surface area is 345 Å². The highest BCUT2D eigenvalue weighted by Crippen LogP contribution is 2.77. The highest BCUT2D eigenvalue weighted by atomic mass is 31.2. The molecular formula is C52H44O2P4. The van der Waals surface area contributed by atoms with Gasteiger partial charge in [-0.25, -0.2) is 0 Å². The van der Waals surface area contributed by atoms with Crippen LogP contribution in [0.4, 0.5) is 0 Å². The highest BCUT2D eigenvalue weighted by molar-refractivity contribution is 7.87. The maximum absolute atomic E-state index is 17.4. The van der Waals surface area contributed by atoms with E-state index in [-0.39, 0.29) is 11.3 Å².